The van der Waals surface area contributed by atoms with Crippen molar-refractivity contribution in [2.75, 3.05) is 25.6 Å². The van der Waals surface area contributed by atoms with Crippen LogP contribution in [0.4, 0.5) is 5.69 Å². The van der Waals surface area contributed by atoms with E-state index in [1.54, 1.807) is 48.3 Å². The number of hydrogen-bond acceptors (Lipinski definition) is 6. The van der Waals surface area contributed by atoms with E-state index in [0.717, 1.165) is 5.56 Å². The molecule has 0 fully saturated rings. The lowest BCUT2D eigenvalue weighted by Crippen LogP contribution is -2.21. The van der Waals surface area contributed by atoms with Crippen LogP contribution in [0.5, 0.6) is 0 Å². The number of aromatic nitrogens is 3. The zero-order valence-corrected chi connectivity index (χ0v) is 18.2. The van der Waals surface area contributed by atoms with Crippen molar-refractivity contribution in [2.45, 2.75) is 13.5 Å². The highest BCUT2D eigenvalue weighted by Crippen LogP contribution is 2.34. The van der Waals surface area contributed by atoms with Crippen molar-refractivity contribution in [3.8, 4) is 11.3 Å². The van der Waals surface area contributed by atoms with Gasteiger partial charge in [0.25, 0.3) is 0 Å². The molecule has 4 rings (SSSR count). The van der Waals surface area contributed by atoms with Crippen LogP contribution >= 0.6 is 11.6 Å². The second-order valence-electron chi connectivity index (χ2n) is 7.23. The summed E-state index contributed by atoms with van der Waals surface area (Å²) in [5, 5.41) is 1.47. The minimum Gasteiger partial charge on any atom is -0.465 e. The highest BCUT2D eigenvalue weighted by molar-refractivity contribution is 6.35. The van der Waals surface area contributed by atoms with Crippen LogP contribution in [0.2, 0.25) is 5.02 Å². The van der Waals surface area contributed by atoms with Crippen LogP contribution in [0.25, 0.3) is 33.1 Å². The van der Waals surface area contributed by atoms with Gasteiger partial charge in [-0.1, -0.05) is 17.7 Å². The van der Waals surface area contributed by atoms with Gasteiger partial charge in [0.1, 0.15) is 6.54 Å². The number of ether oxygens (including phenoxy) is 1. The zero-order valence-electron chi connectivity index (χ0n) is 17.4. The molecule has 2 heterocycles. The van der Waals surface area contributed by atoms with Crippen molar-refractivity contribution in [1.82, 2.24) is 14.5 Å². The van der Waals surface area contributed by atoms with E-state index in [0.29, 0.717) is 38.2 Å². The van der Waals surface area contributed by atoms with Gasteiger partial charge >= 0.3 is 5.97 Å². The molecular weight excluding hydrogens is 416 g/mol. The molecule has 0 saturated carbocycles. The van der Waals surface area contributed by atoms with Crippen molar-refractivity contribution in [1.29, 1.82) is 0 Å². The smallest absolute Gasteiger partial charge is 0.325 e. The summed E-state index contributed by atoms with van der Waals surface area (Å²) < 4.78 is 7.01. The molecule has 0 amide bonds. The first-order chi connectivity index (χ1) is 14.9. The fourth-order valence-electron chi connectivity index (χ4n) is 3.76. The van der Waals surface area contributed by atoms with Crippen molar-refractivity contribution in [3.05, 3.63) is 64.2 Å². The van der Waals surface area contributed by atoms with E-state index >= 15 is 0 Å². The van der Waals surface area contributed by atoms with E-state index in [-0.39, 0.29) is 18.6 Å². The molecule has 0 unspecified atom stereocenters. The van der Waals surface area contributed by atoms with Crippen LogP contribution in [-0.2, 0) is 16.1 Å². The lowest BCUT2D eigenvalue weighted by Gasteiger charge is -2.22. The molecule has 0 aliphatic carbocycles. The Bertz CT molecular complexity index is 1350. The van der Waals surface area contributed by atoms with Crippen LogP contribution in [0, 0.1) is 0 Å². The number of carbonyl (C=O) groups excluding carboxylic acids is 1. The van der Waals surface area contributed by atoms with Gasteiger partial charge in [0.15, 0.2) is 5.43 Å². The fraction of sp³-hybridized carbons (Fsp3) is 0.217. The zero-order chi connectivity index (χ0) is 22.1. The van der Waals surface area contributed by atoms with Crippen LogP contribution in [0.15, 0.2) is 53.7 Å². The normalized spacial score (nSPS) is 11.1. The Morgan fingerprint density at radius 3 is 2.61 bits per heavy atom. The summed E-state index contributed by atoms with van der Waals surface area (Å²) in [5.41, 5.74) is 3.16. The van der Waals surface area contributed by atoms with Crippen molar-refractivity contribution in [3.63, 3.8) is 0 Å². The van der Waals surface area contributed by atoms with Gasteiger partial charge in [-0.2, -0.15) is 0 Å². The third-order valence-corrected chi connectivity index (χ3v) is 5.35. The Morgan fingerprint density at radius 1 is 1.16 bits per heavy atom. The summed E-state index contributed by atoms with van der Waals surface area (Å²) in [5.74, 6) is -0.400. The van der Waals surface area contributed by atoms with E-state index in [4.69, 9.17) is 16.3 Å². The Kier molecular flexibility index (Phi) is 5.61. The molecule has 0 spiro atoms. The minimum absolute atomic E-state index is 0.0633. The molecule has 4 aromatic rings. The Morgan fingerprint density at radius 2 is 1.94 bits per heavy atom. The van der Waals surface area contributed by atoms with Gasteiger partial charge in [-0.25, -0.2) is 0 Å². The summed E-state index contributed by atoms with van der Waals surface area (Å²) >= 11 is 6.51. The van der Waals surface area contributed by atoms with Crippen LogP contribution in [0.3, 0.4) is 0 Å². The number of pyridine rings is 1. The third kappa shape index (κ3) is 3.72. The first kappa shape index (κ1) is 20.8. The molecule has 7 nitrogen and oxygen atoms in total. The summed E-state index contributed by atoms with van der Waals surface area (Å²) in [6.45, 7) is 1.96. The second kappa shape index (κ2) is 8.35. The molecule has 8 heteroatoms. The van der Waals surface area contributed by atoms with E-state index in [2.05, 4.69) is 9.97 Å². The number of halogens is 1. The predicted molar refractivity (Wildman–Crippen MR) is 123 cm³/mol. The van der Waals surface area contributed by atoms with Crippen LogP contribution in [-0.4, -0.2) is 41.2 Å². The molecule has 2 aromatic heterocycles. The van der Waals surface area contributed by atoms with Gasteiger partial charge in [0, 0.05) is 42.8 Å². The highest BCUT2D eigenvalue weighted by Gasteiger charge is 2.20. The number of benzene rings is 2. The molecule has 0 aliphatic heterocycles. The van der Waals surface area contributed by atoms with E-state index in [9.17, 15) is 9.59 Å². The maximum atomic E-state index is 13.4. The molecule has 0 N–H and O–H groups in total. The van der Waals surface area contributed by atoms with Crippen LogP contribution in [0.1, 0.15) is 6.92 Å². The van der Waals surface area contributed by atoms with Gasteiger partial charge in [-0.05, 0) is 31.2 Å². The van der Waals surface area contributed by atoms with Crippen molar-refractivity contribution < 1.29 is 9.53 Å². The molecule has 158 valence electrons. The topological polar surface area (TPSA) is 77.3 Å². The average molecular weight is 437 g/mol. The highest BCUT2D eigenvalue weighted by atomic mass is 35.5. The summed E-state index contributed by atoms with van der Waals surface area (Å²) in [4.78, 5) is 36.2. The molecule has 0 bridgehead atoms. The van der Waals surface area contributed by atoms with E-state index in [1.165, 1.54) is 0 Å². The number of fused-ring (bicyclic) bond motifs is 2. The van der Waals surface area contributed by atoms with Crippen molar-refractivity contribution >= 4 is 45.1 Å². The molecule has 0 atom stereocenters. The lowest BCUT2D eigenvalue weighted by atomic mass is 10.0. The maximum absolute atomic E-state index is 13.4. The van der Waals surface area contributed by atoms with Crippen molar-refractivity contribution in [2.24, 2.45) is 0 Å². The Balaban J connectivity index is 2.14. The number of rotatable bonds is 5. The standard InChI is InChI=1S/C23H21ClN4O3/c1-4-31-20(29)13-28-19-11-14(18-12-25-9-10-26-18)5-6-15(19)23(30)16-7-8-17(24)22(21(16)28)27(2)3/h5-12H,4,13H2,1-3H3. The molecule has 0 aliphatic rings. The molecule has 2 aromatic carbocycles. The maximum Gasteiger partial charge on any atom is 0.325 e. The second-order valence-corrected chi connectivity index (χ2v) is 7.64. The van der Waals surface area contributed by atoms with Crippen LogP contribution < -0.4 is 10.3 Å². The fourth-order valence-corrected chi connectivity index (χ4v) is 4.08. The van der Waals surface area contributed by atoms with Gasteiger partial charge in [-0.15, -0.1) is 0 Å². The van der Waals surface area contributed by atoms with Gasteiger partial charge in [-0.3, -0.25) is 19.6 Å². The number of anilines is 1. The molecule has 31 heavy (non-hydrogen) atoms. The average Bonchev–Trinajstić information content (AvgIpc) is 2.76. The van der Waals surface area contributed by atoms with E-state index < -0.39 is 5.97 Å². The number of hydrogen-bond donors (Lipinski definition) is 0. The predicted octanol–water partition coefficient (Wildman–Crippen LogP) is 3.89. The monoisotopic (exact) mass is 436 g/mol. The molecular formula is C23H21ClN4O3. The Hall–Kier alpha value is -3.45. The first-order valence-electron chi connectivity index (χ1n) is 9.80. The van der Waals surface area contributed by atoms with E-state index in [1.807, 2.05) is 31.1 Å². The third-order valence-electron chi connectivity index (χ3n) is 5.05. The molecule has 0 radical (unpaired) electrons. The summed E-state index contributed by atoms with van der Waals surface area (Å²) in [6.07, 6.45) is 4.85. The largest absolute Gasteiger partial charge is 0.465 e. The number of esters is 1. The first-order valence-corrected chi connectivity index (χ1v) is 10.2. The van der Waals surface area contributed by atoms with Gasteiger partial charge < -0.3 is 14.2 Å². The van der Waals surface area contributed by atoms with Gasteiger partial charge in [0.2, 0.25) is 0 Å². The Labute approximate surface area is 183 Å². The van der Waals surface area contributed by atoms with Gasteiger partial charge in [0.05, 0.1) is 40.2 Å². The SMILES string of the molecule is CCOC(=O)Cn1c2cc(-c3cnccn3)ccc2c(=O)c2ccc(Cl)c(N(C)C)c21. The minimum atomic E-state index is -0.400. The molecule has 0 saturated heterocycles. The quantitative estimate of drug-likeness (QED) is 0.349. The summed E-state index contributed by atoms with van der Waals surface area (Å²) in [7, 11) is 3.69. The lowest BCUT2D eigenvalue weighted by molar-refractivity contribution is -0.143. The summed E-state index contributed by atoms with van der Waals surface area (Å²) in [6, 6.07) is 8.84. The number of carbonyl (C=O) groups is 1. The number of nitrogens with zero attached hydrogens (tertiary/aromatic N) is 4.